The van der Waals surface area contributed by atoms with Gasteiger partial charge in [0.2, 0.25) is 0 Å². The molecule has 0 spiro atoms. The van der Waals surface area contributed by atoms with Crippen LogP contribution in [-0.4, -0.2) is 13.7 Å². The van der Waals surface area contributed by atoms with Gasteiger partial charge in [0, 0.05) is 164 Å². The lowest BCUT2D eigenvalue weighted by molar-refractivity contribution is 0.600. The van der Waals surface area contributed by atoms with E-state index in [1.807, 2.05) is 34.0 Å². The zero-order chi connectivity index (χ0) is 77.8. The summed E-state index contributed by atoms with van der Waals surface area (Å²) >= 11 is 5.67. The maximum Gasteiger partial charge on any atom is 0.0614 e. The van der Waals surface area contributed by atoms with Crippen molar-refractivity contribution in [2.75, 3.05) is 14.7 Å². The van der Waals surface area contributed by atoms with Gasteiger partial charge >= 0.3 is 0 Å². The molecule has 0 radical (unpaired) electrons. The second-order valence-electron chi connectivity index (χ2n) is 32.6. The number of unbranched alkanes of at least 4 members (excludes halogenated alkanes) is 9. The van der Waals surface area contributed by atoms with Gasteiger partial charge in [-0.2, -0.15) is 0 Å². The highest BCUT2D eigenvalue weighted by Crippen LogP contribution is 2.54. The van der Waals surface area contributed by atoms with Gasteiger partial charge in [0.15, 0.2) is 0 Å². The molecule has 0 unspecified atom stereocenters. The zero-order valence-corrected chi connectivity index (χ0v) is 69.2. The van der Waals surface area contributed by atoms with Gasteiger partial charge in [-0.1, -0.05) is 230 Å². The van der Waals surface area contributed by atoms with Crippen molar-refractivity contribution in [2.45, 2.75) is 130 Å². The Bertz CT molecular complexity index is 7330. The summed E-state index contributed by atoms with van der Waals surface area (Å²) in [6.07, 6.45) is 20.5. The van der Waals surface area contributed by atoms with Crippen LogP contribution in [0.3, 0.4) is 0 Å². The molecule has 0 amide bonds. The number of hydrogen-bond acceptors (Lipinski definition) is 6. The Morgan fingerprint density at radius 1 is 0.265 bits per heavy atom. The summed E-state index contributed by atoms with van der Waals surface area (Å²) in [4.78, 5) is 7.69. The van der Waals surface area contributed by atoms with Crippen molar-refractivity contribution in [3.8, 4) is 0 Å². The molecule has 0 N–H and O–H groups in total. The highest BCUT2D eigenvalue weighted by atomic mass is 32.1. The molecule has 0 aliphatic heterocycles. The molecule has 21 aromatic rings. The van der Waals surface area contributed by atoms with E-state index in [1.165, 1.54) is 184 Å². The van der Waals surface area contributed by atoms with Crippen LogP contribution >= 0.6 is 34.0 Å². The highest BCUT2D eigenvalue weighted by molar-refractivity contribution is 7.26. The molecule has 0 fully saturated rings. The topological polar surface area (TPSA) is 24.5 Å². The fourth-order valence-electron chi connectivity index (χ4n) is 19.8. The second kappa shape index (κ2) is 29.9. The standard InChI is InChI=1S/C108H92N6S3/c1-4-7-10-25-58-109-94-67-82(112(76-43-40-70-28-13-16-31-73(70)61-76)79-49-55-100-91(64-79)85-34-19-22-37-97(85)115-100)46-52-88(94)103-106(109)104-89-53-47-83(113(77-44-41-71-29-14-17-32-74(71)62-77)80-50-56-101-92(65-80)86-35-20-23-38-98(86)116-101)68-95(89)110(59-26-11-8-5-2)108(104)105-90-54-48-84(69-96(90)111(107(103)105)60-27-12-9-6-3)114(78-45-42-72-30-15-18-33-75(72)63-78)81-51-57-102-93(66-81)87-36-21-24-39-99(87)117-102/h13-14,16-24,28-29,31-57,61-69H,4-12,15,25-27,30,58-60H2,1-3H3. The first kappa shape index (κ1) is 71.6. The lowest BCUT2D eigenvalue weighted by Gasteiger charge is -2.27. The lowest BCUT2D eigenvalue weighted by atomic mass is 9.96. The third-order valence-corrected chi connectivity index (χ3v) is 28.9. The average Bonchev–Trinajstić information content (AvgIpc) is 1.51. The Labute approximate surface area is 694 Å². The Morgan fingerprint density at radius 3 is 0.974 bits per heavy atom. The van der Waals surface area contributed by atoms with Crippen molar-refractivity contribution in [2.24, 2.45) is 0 Å². The maximum absolute atomic E-state index is 2.85. The third kappa shape index (κ3) is 12.3. The quantitative estimate of drug-likeness (QED) is 0.0564. The molecule has 0 saturated heterocycles. The molecule has 6 aromatic heterocycles. The fraction of sp³-hybridized carbons (Fsp3) is 0.185. The summed E-state index contributed by atoms with van der Waals surface area (Å²) in [5.74, 6) is 0. The molecule has 572 valence electrons. The summed E-state index contributed by atoms with van der Waals surface area (Å²) in [7, 11) is 0. The summed E-state index contributed by atoms with van der Waals surface area (Å²) in [5.41, 5.74) is 20.9. The minimum Gasteiger partial charge on any atom is -0.340 e. The van der Waals surface area contributed by atoms with E-state index < -0.39 is 0 Å². The van der Waals surface area contributed by atoms with E-state index in [9.17, 15) is 0 Å². The van der Waals surface area contributed by atoms with E-state index in [0.717, 1.165) is 136 Å². The predicted molar refractivity (Wildman–Crippen MR) is 513 cm³/mol. The molecule has 0 atom stereocenters. The number of nitrogens with zero attached hydrogens (tertiary/aromatic N) is 6. The van der Waals surface area contributed by atoms with Gasteiger partial charge in [-0.25, -0.2) is 0 Å². The monoisotopic (exact) mass is 1570 g/mol. The minimum atomic E-state index is 0.874. The van der Waals surface area contributed by atoms with Gasteiger partial charge in [-0.05, 0) is 210 Å². The minimum absolute atomic E-state index is 0.874. The van der Waals surface area contributed by atoms with Gasteiger partial charge in [0.1, 0.15) is 0 Å². The Hall–Kier alpha value is -12.0. The van der Waals surface area contributed by atoms with Crippen LogP contribution in [0.4, 0.5) is 51.2 Å². The van der Waals surface area contributed by atoms with Crippen LogP contribution in [-0.2, 0) is 26.1 Å². The number of rotatable bonds is 24. The van der Waals surface area contributed by atoms with E-state index in [4.69, 9.17) is 0 Å². The fourth-order valence-corrected chi connectivity index (χ4v) is 23.1. The smallest absolute Gasteiger partial charge is 0.0614 e. The summed E-state index contributed by atoms with van der Waals surface area (Å²) < 4.78 is 16.4. The van der Waals surface area contributed by atoms with Gasteiger partial charge in [-0.15, -0.1) is 34.0 Å². The highest BCUT2D eigenvalue weighted by Gasteiger charge is 2.31. The molecular weight excluding hydrogens is 1480 g/mol. The zero-order valence-electron chi connectivity index (χ0n) is 66.7. The number of fused-ring (bicyclic) bond motifs is 24. The Balaban J connectivity index is 0.864. The number of aromatic nitrogens is 3. The number of allylic oxidation sites excluding steroid dienone is 1. The molecule has 6 heterocycles. The van der Waals surface area contributed by atoms with Crippen LogP contribution in [0.5, 0.6) is 0 Å². The maximum atomic E-state index is 2.85. The van der Waals surface area contributed by atoms with Crippen molar-refractivity contribution in [1.29, 1.82) is 0 Å². The van der Waals surface area contributed by atoms with Crippen LogP contribution in [0.15, 0.2) is 291 Å². The number of hydrogen-bond donors (Lipinski definition) is 0. The lowest BCUT2D eigenvalue weighted by Crippen LogP contribution is -2.11. The normalized spacial score (nSPS) is 12.6. The predicted octanol–water partition coefficient (Wildman–Crippen LogP) is 33.5. The molecule has 117 heavy (non-hydrogen) atoms. The number of aryl methyl sites for hydroxylation is 4. The molecule has 9 heteroatoms. The molecule has 0 saturated carbocycles. The first-order valence-electron chi connectivity index (χ1n) is 42.8. The molecule has 1 aliphatic carbocycles. The molecule has 6 nitrogen and oxygen atoms in total. The summed E-state index contributed by atoms with van der Waals surface area (Å²) in [6.45, 7) is 9.70. The first-order valence-corrected chi connectivity index (χ1v) is 45.3. The Morgan fingerprint density at radius 2 is 0.581 bits per heavy atom. The molecule has 0 bridgehead atoms. The van der Waals surface area contributed by atoms with E-state index in [0.29, 0.717) is 0 Å². The van der Waals surface area contributed by atoms with Crippen molar-refractivity contribution in [3.05, 3.63) is 302 Å². The van der Waals surface area contributed by atoms with E-state index >= 15 is 0 Å². The molecule has 22 rings (SSSR count). The van der Waals surface area contributed by atoms with Gasteiger partial charge in [-0.3, -0.25) is 0 Å². The largest absolute Gasteiger partial charge is 0.340 e. The number of anilines is 9. The number of thiophene rings is 3. The van der Waals surface area contributed by atoms with Gasteiger partial charge in [0.05, 0.1) is 33.1 Å². The van der Waals surface area contributed by atoms with Crippen LogP contribution in [0.25, 0.3) is 154 Å². The number of benzene rings is 15. The van der Waals surface area contributed by atoms with Crippen LogP contribution in [0.2, 0.25) is 0 Å². The van der Waals surface area contributed by atoms with E-state index in [-0.39, 0.29) is 0 Å². The summed E-state index contributed by atoms with van der Waals surface area (Å²) in [6, 6.07) is 111. The van der Waals surface area contributed by atoms with Crippen LogP contribution in [0, 0.1) is 0 Å². The first-order chi connectivity index (χ1) is 57.9. The van der Waals surface area contributed by atoms with Gasteiger partial charge < -0.3 is 28.4 Å². The van der Waals surface area contributed by atoms with Crippen LogP contribution < -0.4 is 14.7 Å². The summed E-state index contributed by atoms with van der Waals surface area (Å²) in [5, 5.41) is 20.6. The molecule has 15 aromatic carbocycles. The van der Waals surface area contributed by atoms with E-state index in [2.05, 4.69) is 346 Å². The van der Waals surface area contributed by atoms with Crippen molar-refractivity contribution >= 4 is 239 Å². The Kier molecular flexibility index (Phi) is 18.3. The van der Waals surface area contributed by atoms with Crippen molar-refractivity contribution in [3.63, 3.8) is 0 Å². The van der Waals surface area contributed by atoms with E-state index in [1.54, 1.807) is 0 Å². The van der Waals surface area contributed by atoms with Crippen molar-refractivity contribution < 1.29 is 0 Å². The molecule has 1 aliphatic rings. The SMILES string of the molecule is CCCCCCn1c2cc(N(c3ccc4c(c3)C=CCC4)c3ccc4sc5ccccc5c4c3)ccc2c2c1c1c3ccc(N(c4ccc5ccccc5c4)c4ccc5sc6ccccc6c5c4)cc3n(CCCCCC)c1c1c3ccc(N(c4ccc5ccccc5c4)c4ccc5sc6ccccc6c5c4)cc3n(CCCCCC)c21. The van der Waals surface area contributed by atoms with Crippen LogP contribution in [0.1, 0.15) is 115 Å². The average molecular weight is 1570 g/mol. The molecular formula is C108H92N6S3. The van der Waals surface area contributed by atoms with Gasteiger partial charge in [0.25, 0.3) is 0 Å². The van der Waals surface area contributed by atoms with Crippen molar-refractivity contribution in [1.82, 2.24) is 13.7 Å². The third-order valence-electron chi connectivity index (χ3n) is 25.4. The second-order valence-corrected chi connectivity index (χ2v) is 35.9.